The van der Waals surface area contributed by atoms with Crippen molar-refractivity contribution in [1.29, 1.82) is 0 Å². The molecule has 0 saturated carbocycles. The largest absolute Gasteiger partial charge is 0.466 e. The molecule has 0 saturated heterocycles. The molecule has 5 heteroatoms. The van der Waals surface area contributed by atoms with E-state index in [9.17, 15) is 13.2 Å². The number of rotatable bonds is 2. The van der Waals surface area contributed by atoms with E-state index in [-0.39, 0.29) is 5.76 Å². The number of aliphatic hydroxyl groups is 1. The summed E-state index contributed by atoms with van der Waals surface area (Å²) in [6.07, 6.45) is -7.46. The Morgan fingerprint density at radius 1 is 1.46 bits per heavy atom. The molecule has 0 fully saturated rings. The van der Waals surface area contributed by atoms with Gasteiger partial charge in [0.25, 0.3) is 0 Å². The zero-order valence-electron chi connectivity index (χ0n) is 6.93. The van der Waals surface area contributed by atoms with Gasteiger partial charge in [-0.2, -0.15) is 13.2 Å². The molecular formula is C8H9F3O2. The molecule has 1 unspecified atom stereocenters. The minimum Gasteiger partial charge on any atom is -0.466 e. The number of furan rings is 1. The molecule has 0 aliphatic heterocycles. The Morgan fingerprint density at radius 3 is 2.46 bits per heavy atom. The molecule has 1 aromatic rings. The van der Waals surface area contributed by atoms with E-state index >= 15 is 0 Å². The van der Waals surface area contributed by atoms with Crippen molar-refractivity contribution in [2.75, 3.05) is 0 Å². The van der Waals surface area contributed by atoms with E-state index < -0.39 is 18.7 Å². The van der Waals surface area contributed by atoms with Crippen LogP contribution in [0.3, 0.4) is 0 Å². The zero-order valence-corrected chi connectivity index (χ0v) is 6.93. The molecule has 0 aromatic carbocycles. The summed E-state index contributed by atoms with van der Waals surface area (Å²) in [4.78, 5) is 0. The second-order valence-corrected chi connectivity index (χ2v) is 2.77. The smallest absolute Gasteiger partial charge is 0.414 e. The Labute approximate surface area is 73.0 Å². The fourth-order valence-corrected chi connectivity index (χ4v) is 0.901. The summed E-state index contributed by atoms with van der Waals surface area (Å²) in [5.74, 6) is 0.673. The van der Waals surface area contributed by atoms with Gasteiger partial charge in [-0.15, -0.1) is 0 Å². The van der Waals surface area contributed by atoms with Gasteiger partial charge in [-0.1, -0.05) is 0 Å². The third-order valence-electron chi connectivity index (χ3n) is 1.57. The summed E-state index contributed by atoms with van der Waals surface area (Å²) in [5, 5.41) is 8.66. The summed E-state index contributed by atoms with van der Waals surface area (Å²) >= 11 is 0. The highest BCUT2D eigenvalue weighted by atomic mass is 19.4. The summed E-state index contributed by atoms with van der Waals surface area (Å²) < 4.78 is 40.4. The van der Waals surface area contributed by atoms with Crippen molar-refractivity contribution in [3.05, 3.63) is 23.7 Å². The van der Waals surface area contributed by atoms with Crippen LogP contribution in [-0.2, 0) is 6.42 Å². The van der Waals surface area contributed by atoms with Crippen LogP contribution in [0.4, 0.5) is 13.2 Å². The van der Waals surface area contributed by atoms with E-state index in [0.717, 1.165) is 0 Å². The molecular weight excluding hydrogens is 185 g/mol. The zero-order chi connectivity index (χ0) is 10.1. The number of aliphatic hydroxyl groups excluding tert-OH is 1. The average molecular weight is 194 g/mol. The minimum absolute atomic E-state index is 0.141. The lowest BCUT2D eigenvalue weighted by molar-refractivity contribution is -0.203. The maximum atomic E-state index is 11.8. The van der Waals surface area contributed by atoms with Crippen LogP contribution in [0.1, 0.15) is 11.5 Å². The first-order valence-electron chi connectivity index (χ1n) is 3.69. The first-order chi connectivity index (χ1) is 5.89. The number of aryl methyl sites for hydroxylation is 1. The Kier molecular flexibility index (Phi) is 2.66. The van der Waals surface area contributed by atoms with Gasteiger partial charge in [0.15, 0.2) is 6.10 Å². The maximum absolute atomic E-state index is 11.8. The fourth-order valence-electron chi connectivity index (χ4n) is 0.901. The van der Waals surface area contributed by atoms with Crippen molar-refractivity contribution in [3.63, 3.8) is 0 Å². The van der Waals surface area contributed by atoms with Crippen LogP contribution in [0.25, 0.3) is 0 Å². The highest BCUT2D eigenvalue weighted by Crippen LogP contribution is 2.23. The predicted molar refractivity (Wildman–Crippen MR) is 39.2 cm³/mol. The quantitative estimate of drug-likeness (QED) is 0.781. The highest BCUT2D eigenvalue weighted by Gasteiger charge is 2.38. The first kappa shape index (κ1) is 10.1. The molecule has 0 bridgehead atoms. The maximum Gasteiger partial charge on any atom is 0.414 e. The Bertz CT molecular complexity index is 277. The SMILES string of the molecule is Cc1ccc(CC(O)C(F)(F)F)o1. The number of hydrogen-bond acceptors (Lipinski definition) is 2. The number of halogens is 3. The van der Waals surface area contributed by atoms with Crippen LogP contribution in [0.5, 0.6) is 0 Å². The second-order valence-electron chi connectivity index (χ2n) is 2.77. The normalized spacial score (nSPS) is 14.5. The summed E-state index contributed by atoms with van der Waals surface area (Å²) in [7, 11) is 0. The van der Waals surface area contributed by atoms with Crippen LogP contribution in [0.2, 0.25) is 0 Å². The molecule has 2 nitrogen and oxygen atoms in total. The van der Waals surface area contributed by atoms with Crippen molar-refractivity contribution in [2.45, 2.75) is 25.6 Å². The Balaban J connectivity index is 2.60. The fraction of sp³-hybridized carbons (Fsp3) is 0.500. The summed E-state index contributed by atoms with van der Waals surface area (Å²) in [6, 6.07) is 2.97. The van der Waals surface area contributed by atoms with E-state index in [2.05, 4.69) is 0 Å². The van der Waals surface area contributed by atoms with Gasteiger partial charge in [-0.05, 0) is 19.1 Å². The molecule has 0 spiro atoms. The van der Waals surface area contributed by atoms with E-state index in [0.29, 0.717) is 5.76 Å². The number of alkyl halides is 3. The minimum atomic E-state index is -4.58. The van der Waals surface area contributed by atoms with Crippen LogP contribution < -0.4 is 0 Å². The molecule has 0 radical (unpaired) electrons. The van der Waals surface area contributed by atoms with Crippen molar-refractivity contribution < 1.29 is 22.7 Å². The Hall–Kier alpha value is -0.970. The van der Waals surface area contributed by atoms with Gasteiger partial charge in [0, 0.05) is 6.42 Å². The van der Waals surface area contributed by atoms with Gasteiger partial charge in [0.1, 0.15) is 11.5 Å². The monoisotopic (exact) mass is 194 g/mol. The predicted octanol–water partition coefficient (Wildman–Crippen LogP) is 2.05. The summed E-state index contributed by atoms with van der Waals surface area (Å²) in [6.45, 7) is 1.63. The van der Waals surface area contributed by atoms with Gasteiger partial charge in [-0.3, -0.25) is 0 Å². The molecule has 0 amide bonds. The molecule has 0 aliphatic rings. The van der Waals surface area contributed by atoms with Crippen LogP contribution >= 0.6 is 0 Å². The van der Waals surface area contributed by atoms with Gasteiger partial charge >= 0.3 is 6.18 Å². The molecule has 1 rings (SSSR count). The third kappa shape index (κ3) is 2.77. The van der Waals surface area contributed by atoms with E-state index in [4.69, 9.17) is 9.52 Å². The van der Waals surface area contributed by atoms with E-state index in [1.165, 1.54) is 6.07 Å². The van der Waals surface area contributed by atoms with Crippen LogP contribution in [-0.4, -0.2) is 17.4 Å². The highest BCUT2D eigenvalue weighted by molar-refractivity contribution is 5.06. The van der Waals surface area contributed by atoms with Crippen molar-refractivity contribution >= 4 is 0 Å². The molecule has 13 heavy (non-hydrogen) atoms. The van der Waals surface area contributed by atoms with Gasteiger partial charge < -0.3 is 9.52 Å². The van der Waals surface area contributed by atoms with E-state index in [1.807, 2.05) is 0 Å². The molecule has 0 aliphatic carbocycles. The first-order valence-corrected chi connectivity index (χ1v) is 3.69. The molecule has 1 atom stereocenters. The average Bonchev–Trinajstić information content (AvgIpc) is 2.33. The molecule has 74 valence electrons. The lowest BCUT2D eigenvalue weighted by atomic mass is 10.2. The third-order valence-corrected chi connectivity index (χ3v) is 1.57. The topological polar surface area (TPSA) is 33.4 Å². The number of hydrogen-bond donors (Lipinski definition) is 1. The van der Waals surface area contributed by atoms with Gasteiger partial charge in [0.2, 0.25) is 0 Å². The molecule has 1 aromatic heterocycles. The van der Waals surface area contributed by atoms with Gasteiger partial charge in [0.05, 0.1) is 0 Å². The lowest BCUT2D eigenvalue weighted by Gasteiger charge is -2.12. The van der Waals surface area contributed by atoms with Crippen LogP contribution in [0, 0.1) is 6.92 Å². The lowest BCUT2D eigenvalue weighted by Crippen LogP contribution is -2.30. The van der Waals surface area contributed by atoms with Crippen molar-refractivity contribution in [2.24, 2.45) is 0 Å². The van der Waals surface area contributed by atoms with Crippen LogP contribution in [0.15, 0.2) is 16.5 Å². The molecule has 1 heterocycles. The van der Waals surface area contributed by atoms with Crippen molar-refractivity contribution in [1.82, 2.24) is 0 Å². The summed E-state index contributed by atoms with van der Waals surface area (Å²) in [5.41, 5.74) is 0. The van der Waals surface area contributed by atoms with Crippen molar-refractivity contribution in [3.8, 4) is 0 Å². The standard InChI is InChI=1S/C8H9F3O2/c1-5-2-3-6(13-5)4-7(12)8(9,10)11/h2-3,7,12H,4H2,1H3. The van der Waals surface area contributed by atoms with E-state index in [1.54, 1.807) is 13.0 Å². The van der Waals surface area contributed by atoms with Gasteiger partial charge in [-0.25, -0.2) is 0 Å². The Morgan fingerprint density at radius 2 is 2.08 bits per heavy atom. The molecule has 1 N–H and O–H groups in total. The second kappa shape index (κ2) is 3.41.